The lowest BCUT2D eigenvalue weighted by atomic mass is 10.2. The molecule has 1 atom stereocenters. The van der Waals surface area contributed by atoms with Crippen LogP contribution in [-0.4, -0.2) is 45.3 Å². The van der Waals surface area contributed by atoms with E-state index < -0.39 is 0 Å². The zero-order valence-corrected chi connectivity index (χ0v) is 14.4. The molecule has 1 fully saturated rings. The third kappa shape index (κ3) is 5.17. The Morgan fingerprint density at radius 1 is 1.63 bits per heavy atom. The van der Waals surface area contributed by atoms with Crippen molar-refractivity contribution in [2.24, 2.45) is 12.0 Å². The van der Waals surface area contributed by atoms with Crippen molar-refractivity contribution in [3.8, 4) is 0 Å². The molecule has 6 nitrogen and oxygen atoms in total. The van der Waals surface area contributed by atoms with Crippen LogP contribution in [0, 0.1) is 0 Å². The molecule has 108 valence electrons. The van der Waals surface area contributed by atoms with E-state index in [-0.39, 0.29) is 24.0 Å². The molecule has 1 aliphatic heterocycles. The summed E-state index contributed by atoms with van der Waals surface area (Å²) in [6.07, 6.45) is 4.06. The second-order valence-corrected chi connectivity index (χ2v) is 5.43. The van der Waals surface area contributed by atoms with Crippen molar-refractivity contribution in [1.82, 2.24) is 25.4 Å². The molecule has 1 unspecified atom stereocenters. The molecule has 8 heteroatoms. The van der Waals surface area contributed by atoms with Crippen LogP contribution in [0.3, 0.4) is 0 Å². The Hall–Kier alpha value is -0.510. The van der Waals surface area contributed by atoms with Crippen LogP contribution in [0.4, 0.5) is 0 Å². The van der Waals surface area contributed by atoms with Gasteiger partial charge in [-0.25, -0.2) is 4.98 Å². The molecule has 1 aromatic rings. The second-order valence-electron chi connectivity index (χ2n) is 4.28. The smallest absolute Gasteiger partial charge is 0.191 e. The van der Waals surface area contributed by atoms with E-state index in [1.165, 1.54) is 18.6 Å². The Balaban J connectivity index is 0.00000180. The number of nitrogens with one attached hydrogen (secondary N) is 2. The highest BCUT2D eigenvalue weighted by Crippen LogP contribution is 2.16. The molecule has 2 N–H and O–H groups in total. The second kappa shape index (κ2) is 8.62. The third-order valence-corrected chi connectivity index (χ3v) is 4.16. The Kier molecular flexibility index (Phi) is 7.51. The van der Waals surface area contributed by atoms with Gasteiger partial charge in [0.1, 0.15) is 12.2 Å². The number of hydrogen-bond donors (Lipinski definition) is 2. The number of rotatable bonds is 3. The summed E-state index contributed by atoms with van der Waals surface area (Å²) in [5.41, 5.74) is 0. The van der Waals surface area contributed by atoms with Crippen molar-refractivity contribution < 1.29 is 0 Å². The number of halogens is 1. The number of guanidine groups is 1. The third-order valence-electron chi connectivity index (χ3n) is 2.94. The molecule has 0 aliphatic carbocycles. The molecule has 19 heavy (non-hydrogen) atoms. The van der Waals surface area contributed by atoms with Gasteiger partial charge in [-0.15, -0.1) is 24.0 Å². The van der Waals surface area contributed by atoms with Crippen LogP contribution < -0.4 is 10.6 Å². The Morgan fingerprint density at radius 3 is 3.05 bits per heavy atom. The van der Waals surface area contributed by atoms with Gasteiger partial charge in [0.2, 0.25) is 0 Å². The summed E-state index contributed by atoms with van der Waals surface area (Å²) in [7, 11) is 3.68. The van der Waals surface area contributed by atoms with Gasteiger partial charge in [-0.2, -0.15) is 16.9 Å². The van der Waals surface area contributed by atoms with Gasteiger partial charge in [0.15, 0.2) is 5.96 Å². The largest absolute Gasteiger partial charge is 0.353 e. The standard InChI is InChI=1S/C11H20N6S.HI/c1-12-11(16-9-4-3-5-18-7-9)13-6-10-14-8-15-17(10)2;/h8-9H,3-7H2,1-2H3,(H2,12,13,16);1H. The number of thioether (sulfide) groups is 1. The summed E-state index contributed by atoms with van der Waals surface area (Å²) in [5.74, 6) is 4.18. The molecule has 1 aliphatic rings. The van der Waals surface area contributed by atoms with Crippen LogP contribution in [0.15, 0.2) is 11.3 Å². The Morgan fingerprint density at radius 2 is 2.47 bits per heavy atom. The van der Waals surface area contributed by atoms with Gasteiger partial charge in [-0.1, -0.05) is 0 Å². The molecule has 0 radical (unpaired) electrons. The first kappa shape index (κ1) is 16.5. The van der Waals surface area contributed by atoms with Crippen LogP contribution in [0.25, 0.3) is 0 Å². The molecular formula is C11H21IN6S. The molecule has 2 heterocycles. The van der Waals surface area contributed by atoms with Gasteiger partial charge >= 0.3 is 0 Å². The number of aromatic nitrogens is 3. The van der Waals surface area contributed by atoms with Crippen LogP contribution >= 0.6 is 35.7 Å². The summed E-state index contributed by atoms with van der Waals surface area (Å²) in [6, 6.07) is 0.523. The lowest BCUT2D eigenvalue weighted by molar-refractivity contribution is 0.578. The van der Waals surface area contributed by atoms with Crippen molar-refractivity contribution in [3.63, 3.8) is 0 Å². The fourth-order valence-corrected chi connectivity index (χ4v) is 2.96. The van der Waals surface area contributed by atoms with Gasteiger partial charge in [0.25, 0.3) is 0 Å². The van der Waals surface area contributed by atoms with Gasteiger partial charge in [0.05, 0.1) is 6.54 Å². The molecule has 2 rings (SSSR count). The molecule has 1 aromatic heterocycles. The maximum Gasteiger partial charge on any atom is 0.191 e. The van der Waals surface area contributed by atoms with E-state index in [9.17, 15) is 0 Å². The van der Waals surface area contributed by atoms with Crippen LogP contribution in [0.2, 0.25) is 0 Å². The Labute approximate surface area is 135 Å². The zero-order chi connectivity index (χ0) is 12.8. The predicted octanol–water partition coefficient (Wildman–Crippen LogP) is 0.994. The van der Waals surface area contributed by atoms with E-state index in [0.29, 0.717) is 12.6 Å². The van der Waals surface area contributed by atoms with Crippen LogP contribution in [-0.2, 0) is 13.6 Å². The maximum atomic E-state index is 4.24. The minimum Gasteiger partial charge on any atom is -0.353 e. The van der Waals surface area contributed by atoms with Crippen molar-refractivity contribution in [2.75, 3.05) is 18.6 Å². The number of aryl methyl sites for hydroxylation is 1. The fraction of sp³-hybridized carbons (Fsp3) is 0.727. The highest BCUT2D eigenvalue weighted by molar-refractivity contribution is 14.0. The van der Waals surface area contributed by atoms with Crippen LogP contribution in [0.1, 0.15) is 18.7 Å². The van der Waals surface area contributed by atoms with Crippen molar-refractivity contribution >= 4 is 41.7 Å². The quantitative estimate of drug-likeness (QED) is 0.453. The number of nitrogens with zero attached hydrogens (tertiary/aromatic N) is 4. The average Bonchev–Trinajstić information content (AvgIpc) is 2.81. The first-order valence-corrected chi connectivity index (χ1v) is 7.33. The van der Waals surface area contributed by atoms with Crippen LogP contribution in [0.5, 0.6) is 0 Å². The summed E-state index contributed by atoms with van der Waals surface area (Å²) in [6.45, 7) is 0.635. The molecule has 0 spiro atoms. The minimum absolute atomic E-state index is 0. The van der Waals surface area contributed by atoms with E-state index in [1.54, 1.807) is 18.1 Å². The normalized spacial score (nSPS) is 19.7. The molecule has 0 bridgehead atoms. The topological polar surface area (TPSA) is 67.1 Å². The number of aliphatic imine (C=N–C) groups is 1. The van der Waals surface area contributed by atoms with E-state index in [1.807, 2.05) is 18.8 Å². The minimum atomic E-state index is 0. The molecule has 1 saturated heterocycles. The highest BCUT2D eigenvalue weighted by atomic mass is 127. The SMILES string of the molecule is CN=C(NCc1ncnn1C)NC1CCCSC1.I. The molecule has 0 aromatic carbocycles. The summed E-state index contributed by atoms with van der Waals surface area (Å²) in [5, 5.41) is 10.8. The van der Waals surface area contributed by atoms with E-state index >= 15 is 0 Å². The fourth-order valence-electron chi connectivity index (χ4n) is 1.89. The lowest BCUT2D eigenvalue weighted by Crippen LogP contribution is -2.45. The van der Waals surface area contributed by atoms with E-state index in [0.717, 1.165) is 17.5 Å². The zero-order valence-electron chi connectivity index (χ0n) is 11.3. The first-order chi connectivity index (χ1) is 8.79. The van der Waals surface area contributed by atoms with Gasteiger partial charge < -0.3 is 10.6 Å². The maximum absolute atomic E-state index is 4.24. The van der Waals surface area contributed by atoms with Crippen molar-refractivity contribution in [3.05, 3.63) is 12.2 Å². The molecular weight excluding hydrogens is 375 g/mol. The highest BCUT2D eigenvalue weighted by Gasteiger charge is 2.14. The van der Waals surface area contributed by atoms with E-state index in [4.69, 9.17) is 0 Å². The first-order valence-electron chi connectivity index (χ1n) is 6.17. The lowest BCUT2D eigenvalue weighted by Gasteiger charge is -2.24. The molecule has 0 amide bonds. The monoisotopic (exact) mass is 396 g/mol. The van der Waals surface area contributed by atoms with Crippen molar-refractivity contribution in [1.29, 1.82) is 0 Å². The summed E-state index contributed by atoms with van der Waals surface area (Å²) < 4.78 is 1.76. The van der Waals surface area contributed by atoms with Crippen molar-refractivity contribution in [2.45, 2.75) is 25.4 Å². The summed E-state index contributed by atoms with van der Waals surface area (Å²) >= 11 is 2.00. The van der Waals surface area contributed by atoms with E-state index in [2.05, 4.69) is 25.7 Å². The Bertz CT molecular complexity index is 402. The average molecular weight is 396 g/mol. The van der Waals surface area contributed by atoms with Gasteiger partial charge in [0, 0.05) is 25.9 Å². The van der Waals surface area contributed by atoms with Gasteiger partial charge in [-0.05, 0) is 18.6 Å². The van der Waals surface area contributed by atoms with Gasteiger partial charge in [-0.3, -0.25) is 9.67 Å². The predicted molar refractivity (Wildman–Crippen MR) is 90.1 cm³/mol. The molecule has 0 saturated carbocycles. The summed E-state index contributed by atoms with van der Waals surface area (Å²) in [4.78, 5) is 8.41. The number of hydrogen-bond acceptors (Lipinski definition) is 4.